The second-order valence-corrected chi connectivity index (χ2v) is 10.7. The van der Waals surface area contributed by atoms with E-state index in [-0.39, 0.29) is 0 Å². The van der Waals surface area contributed by atoms with Gasteiger partial charge in [0.25, 0.3) is 0 Å². The third kappa shape index (κ3) is 2.40. The Kier molecular flexibility index (Phi) is 2.83. The molecule has 1 aliphatic carbocycles. The molecular formula is C14H20Si. The summed E-state index contributed by atoms with van der Waals surface area (Å²) in [6.07, 6.45) is 5.06. The molecule has 1 aliphatic rings. The third-order valence-corrected chi connectivity index (χ3v) is 5.68. The summed E-state index contributed by atoms with van der Waals surface area (Å²) in [6, 6.07) is 11.0. The average molecular weight is 216 g/mol. The summed E-state index contributed by atoms with van der Waals surface area (Å²) in [5, 5.41) is 1.76. The van der Waals surface area contributed by atoms with E-state index >= 15 is 0 Å². The first-order valence-electron chi connectivity index (χ1n) is 5.82. The Hall–Kier alpha value is -0.823. The van der Waals surface area contributed by atoms with Crippen LogP contribution in [-0.2, 0) is 0 Å². The van der Waals surface area contributed by atoms with Crippen molar-refractivity contribution in [3.63, 3.8) is 0 Å². The van der Waals surface area contributed by atoms with E-state index in [1.165, 1.54) is 18.4 Å². The van der Waals surface area contributed by atoms with Crippen molar-refractivity contribution in [2.24, 2.45) is 0 Å². The molecule has 1 aromatic rings. The highest BCUT2D eigenvalue weighted by Gasteiger charge is 2.27. The minimum atomic E-state index is -1.04. The molecule has 0 radical (unpaired) electrons. The van der Waals surface area contributed by atoms with Gasteiger partial charge in [0.15, 0.2) is 0 Å². The Bertz CT molecular complexity index is 357. The number of rotatable bonds is 2. The quantitative estimate of drug-likeness (QED) is 0.644. The van der Waals surface area contributed by atoms with E-state index in [2.05, 4.69) is 56.0 Å². The Morgan fingerprint density at radius 1 is 1.07 bits per heavy atom. The fraction of sp³-hybridized carbons (Fsp3) is 0.429. The van der Waals surface area contributed by atoms with E-state index in [4.69, 9.17) is 0 Å². The molecule has 0 heterocycles. The summed E-state index contributed by atoms with van der Waals surface area (Å²) < 4.78 is 0. The largest absolute Gasteiger partial charge is 0.0885 e. The lowest BCUT2D eigenvalue weighted by Crippen LogP contribution is -2.23. The molecule has 0 N–H and O–H groups in total. The highest BCUT2D eigenvalue weighted by atomic mass is 28.3. The monoisotopic (exact) mass is 216 g/mol. The molecule has 0 spiro atoms. The van der Waals surface area contributed by atoms with E-state index in [1.807, 2.05) is 0 Å². The third-order valence-electron chi connectivity index (χ3n) is 3.35. The van der Waals surface area contributed by atoms with E-state index in [0.29, 0.717) is 0 Å². The molecule has 1 aromatic carbocycles. The minimum absolute atomic E-state index is 0.757. The van der Waals surface area contributed by atoms with Crippen molar-refractivity contribution in [2.45, 2.75) is 38.4 Å². The molecule has 1 unspecified atom stereocenters. The highest BCUT2D eigenvalue weighted by molar-refractivity contribution is 6.83. The molecule has 0 aliphatic heterocycles. The van der Waals surface area contributed by atoms with Gasteiger partial charge in [-0.2, -0.15) is 0 Å². The first-order chi connectivity index (χ1) is 7.07. The van der Waals surface area contributed by atoms with Crippen LogP contribution in [0.5, 0.6) is 0 Å². The molecule has 0 aromatic heterocycles. The zero-order valence-electron chi connectivity index (χ0n) is 9.96. The van der Waals surface area contributed by atoms with Gasteiger partial charge in [-0.15, -0.1) is 0 Å². The second-order valence-electron chi connectivity index (χ2n) is 5.53. The lowest BCUT2D eigenvalue weighted by Gasteiger charge is -2.19. The number of hydrogen-bond acceptors (Lipinski definition) is 0. The Morgan fingerprint density at radius 3 is 2.27 bits per heavy atom. The number of benzene rings is 1. The standard InChI is InChI=1S/C14H20Si/c1-15(2,3)14-10-9-13(11-14)12-7-5-4-6-8-12/h4-8,10,13H,9,11H2,1-3H3. The Morgan fingerprint density at radius 2 is 1.73 bits per heavy atom. The van der Waals surface area contributed by atoms with Crippen molar-refractivity contribution < 1.29 is 0 Å². The summed E-state index contributed by atoms with van der Waals surface area (Å²) in [5.74, 6) is 0.757. The molecule has 1 heteroatoms. The summed E-state index contributed by atoms with van der Waals surface area (Å²) in [6.45, 7) is 7.35. The van der Waals surface area contributed by atoms with Gasteiger partial charge < -0.3 is 0 Å². The first kappa shape index (κ1) is 10.7. The van der Waals surface area contributed by atoms with Crippen LogP contribution in [0, 0.1) is 0 Å². The van der Waals surface area contributed by atoms with Gasteiger partial charge in [-0.25, -0.2) is 0 Å². The second kappa shape index (κ2) is 3.97. The molecule has 0 bridgehead atoms. The Labute approximate surface area is 94.0 Å². The van der Waals surface area contributed by atoms with Crippen molar-refractivity contribution in [3.8, 4) is 0 Å². The summed E-state index contributed by atoms with van der Waals surface area (Å²) in [7, 11) is -1.04. The molecule has 0 fully saturated rings. The molecule has 0 amide bonds. The van der Waals surface area contributed by atoms with Crippen LogP contribution in [0.1, 0.15) is 24.3 Å². The maximum absolute atomic E-state index is 2.50. The maximum Gasteiger partial charge on any atom is 0.0720 e. The van der Waals surface area contributed by atoms with Crippen LogP contribution >= 0.6 is 0 Å². The zero-order chi connectivity index (χ0) is 10.9. The molecule has 0 saturated heterocycles. The maximum atomic E-state index is 2.50. The lowest BCUT2D eigenvalue weighted by molar-refractivity contribution is 0.748. The molecule has 0 nitrogen and oxygen atoms in total. The van der Waals surface area contributed by atoms with E-state index in [0.717, 1.165) is 5.92 Å². The van der Waals surface area contributed by atoms with Crippen LogP contribution in [-0.4, -0.2) is 8.07 Å². The highest BCUT2D eigenvalue weighted by Crippen LogP contribution is 2.37. The van der Waals surface area contributed by atoms with Crippen molar-refractivity contribution in [1.29, 1.82) is 0 Å². The van der Waals surface area contributed by atoms with Gasteiger partial charge in [0.2, 0.25) is 0 Å². The lowest BCUT2D eigenvalue weighted by atomic mass is 9.97. The fourth-order valence-corrected chi connectivity index (χ4v) is 3.90. The topological polar surface area (TPSA) is 0 Å². The predicted molar refractivity (Wildman–Crippen MR) is 69.8 cm³/mol. The van der Waals surface area contributed by atoms with E-state index in [1.54, 1.807) is 5.20 Å². The van der Waals surface area contributed by atoms with Crippen LogP contribution in [0.25, 0.3) is 0 Å². The number of allylic oxidation sites excluding steroid dienone is 2. The molecular weight excluding hydrogens is 196 g/mol. The van der Waals surface area contributed by atoms with E-state index in [9.17, 15) is 0 Å². The first-order valence-corrected chi connectivity index (χ1v) is 9.32. The van der Waals surface area contributed by atoms with Gasteiger partial charge in [-0.05, 0) is 24.3 Å². The van der Waals surface area contributed by atoms with Crippen LogP contribution < -0.4 is 0 Å². The SMILES string of the molecule is C[Si](C)(C)C1=CCC(c2ccccc2)C1. The van der Waals surface area contributed by atoms with Gasteiger partial charge in [0.05, 0.1) is 8.07 Å². The fourth-order valence-electron chi connectivity index (χ4n) is 2.31. The molecule has 0 saturated carbocycles. The summed E-state index contributed by atoms with van der Waals surface area (Å²) in [5.41, 5.74) is 1.52. The van der Waals surface area contributed by atoms with Gasteiger partial charge >= 0.3 is 0 Å². The van der Waals surface area contributed by atoms with Crippen molar-refractivity contribution in [3.05, 3.63) is 47.2 Å². The molecule has 1 atom stereocenters. The molecule has 15 heavy (non-hydrogen) atoms. The van der Waals surface area contributed by atoms with Crippen molar-refractivity contribution in [1.82, 2.24) is 0 Å². The number of hydrogen-bond donors (Lipinski definition) is 0. The molecule has 80 valence electrons. The van der Waals surface area contributed by atoms with Crippen LogP contribution in [0.2, 0.25) is 19.6 Å². The zero-order valence-corrected chi connectivity index (χ0v) is 11.0. The predicted octanol–water partition coefficient (Wildman–Crippen LogP) is 4.37. The van der Waals surface area contributed by atoms with Gasteiger partial charge in [-0.3, -0.25) is 0 Å². The van der Waals surface area contributed by atoms with Crippen molar-refractivity contribution in [2.75, 3.05) is 0 Å². The van der Waals surface area contributed by atoms with Gasteiger partial charge in [-0.1, -0.05) is 61.2 Å². The van der Waals surface area contributed by atoms with Gasteiger partial charge in [0.1, 0.15) is 0 Å². The Balaban J connectivity index is 2.09. The molecule has 2 rings (SSSR count). The average Bonchev–Trinajstić information content (AvgIpc) is 2.67. The smallest absolute Gasteiger partial charge is 0.0720 e. The van der Waals surface area contributed by atoms with Crippen LogP contribution in [0.15, 0.2) is 41.6 Å². The minimum Gasteiger partial charge on any atom is -0.0885 e. The van der Waals surface area contributed by atoms with Crippen LogP contribution in [0.3, 0.4) is 0 Å². The van der Waals surface area contributed by atoms with Gasteiger partial charge in [0, 0.05) is 0 Å². The summed E-state index contributed by atoms with van der Waals surface area (Å²) in [4.78, 5) is 0. The normalized spacial score (nSPS) is 21.5. The summed E-state index contributed by atoms with van der Waals surface area (Å²) >= 11 is 0. The van der Waals surface area contributed by atoms with Crippen LogP contribution in [0.4, 0.5) is 0 Å². The van der Waals surface area contributed by atoms with Crippen molar-refractivity contribution >= 4 is 8.07 Å². The van der Waals surface area contributed by atoms with E-state index < -0.39 is 8.07 Å².